The number of nitrogens with zero attached hydrogens (tertiary/aromatic N) is 1. The van der Waals surface area contributed by atoms with E-state index >= 15 is 0 Å². The first-order chi connectivity index (χ1) is 9.57. The number of ether oxygens (including phenoxy) is 1. The molecule has 1 heterocycles. The van der Waals surface area contributed by atoms with Crippen molar-refractivity contribution in [1.29, 1.82) is 0 Å². The lowest BCUT2D eigenvalue weighted by Crippen LogP contribution is -3.00. The van der Waals surface area contributed by atoms with Gasteiger partial charge in [0.05, 0.1) is 26.7 Å². The van der Waals surface area contributed by atoms with Gasteiger partial charge in [0.15, 0.2) is 0 Å². The summed E-state index contributed by atoms with van der Waals surface area (Å²) in [5.41, 5.74) is 3.05. The van der Waals surface area contributed by atoms with E-state index in [2.05, 4.69) is 51.2 Å². The van der Waals surface area contributed by atoms with E-state index in [1.165, 1.54) is 24.8 Å². The molecule has 21 heavy (non-hydrogen) atoms. The second-order valence-electron chi connectivity index (χ2n) is 6.33. The predicted molar refractivity (Wildman–Crippen MR) is 84.8 cm³/mol. The number of hydrogen-bond acceptors (Lipinski definition) is 1. The van der Waals surface area contributed by atoms with E-state index in [1.54, 1.807) is 12.7 Å². The molecule has 0 aliphatic carbocycles. The minimum atomic E-state index is 0. The summed E-state index contributed by atoms with van der Waals surface area (Å²) in [6, 6.07) is 9.22. The van der Waals surface area contributed by atoms with Gasteiger partial charge in [-0.1, -0.05) is 18.9 Å². The van der Waals surface area contributed by atoms with Crippen LogP contribution < -0.4 is 17.1 Å². The van der Waals surface area contributed by atoms with Gasteiger partial charge in [0, 0.05) is 12.0 Å². The zero-order chi connectivity index (χ0) is 14.6. The lowest BCUT2D eigenvalue weighted by atomic mass is 9.95. The third-order valence-electron chi connectivity index (χ3n) is 4.69. The molecule has 2 nitrogen and oxygen atoms in total. The lowest BCUT2D eigenvalue weighted by Gasteiger charge is -2.43. The Balaban J connectivity index is 0.00000220. The fraction of sp³-hybridized carbons (Fsp3) is 0.556. The summed E-state index contributed by atoms with van der Waals surface area (Å²) in [6.07, 6.45) is 6.27. The second-order valence-corrected chi connectivity index (χ2v) is 6.33. The van der Waals surface area contributed by atoms with Gasteiger partial charge in [-0.15, -0.1) is 0 Å². The molecule has 1 aromatic rings. The van der Waals surface area contributed by atoms with Crippen LogP contribution in [0.3, 0.4) is 0 Å². The summed E-state index contributed by atoms with van der Waals surface area (Å²) < 4.78 is 6.34. The van der Waals surface area contributed by atoms with Gasteiger partial charge in [-0.05, 0) is 43.7 Å². The number of methoxy groups -OCH3 is 1. The highest BCUT2D eigenvalue weighted by atomic mass is 35.5. The van der Waals surface area contributed by atoms with Crippen LogP contribution in [0.1, 0.15) is 38.7 Å². The summed E-state index contributed by atoms with van der Waals surface area (Å²) in [5.74, 6) is 0.938. The van der Waals surface area contributed by atoms with Gasteiger partial charge in [0.2, 0.25) is 0 Å². The summed E-state index contributed by atoms with van der Waals surface area (Å²) in [5, 5.41) is 0. The zero-order valence-electron chi connectivity index (χ0n) is 13.7. The largest absolute Gasteiger partial charge is 1.00 e. The smallest absolute Gasteiger partial charge is 0.118 e. The van der Waals surface area contributed by atoms with E-state index in [-0.39, 0.29) is 12.4 Å². The molecule has 0 spiro atoms. The Hall–Kier alpha value is -0.990. The van der Waals surface area contributed by atoms with Crippen LogP contribution >= 0.6 is 0 Å². The molecule has 1 aliphatic heterocycles. The van der Waals surface area contributed by atoms with Gasteiger partial charge >= 0.3 is 0 Å². The molecule has 0 bridgehead atoms. The van der Waals surface area contributed by atoms with Crippen molar-refractivity contribution in [2.24, 2.45) is 0 Å². The summed E-state index contributed by atoms with van der Waals surface area (Å²) in [6.45, 7) is 6.92. The van der Waals surface area contributed by atoms with Crippen LogP contribution in [0.4, 0.5) is 0 Å². The Morgan fingerprint density at radius 3 is 2.43 bits per heavy atom. The Morgan fingerprint density at radius 1 is 1.24 bits per heavy atom. The fourth-order valence-electron chi connectivity index (χ4n) is 3.09. The average molecular weight is 310 g/mol. The Kier molecular flexibility index (Phi) is 6.76. The molecule has 0 aromatic heterocycles. The van der Waals surface area contributed by atoms with Gasteiger partial charge in [-0.3, -0.25) is 0 Å². The first-order valence-corrected chi connectivity index (χ1v) is 7.72. The first-order valence-electron chi connectivity index (χ1n) is 7.72. The Labute approximate surface area is 135 Å². The molecule has 3 heteroatoms. The molecule has 1 aromatic carbocycles. The summed E-state index contributed by atoms with van der Waals surface area (Å²) in [4.78, 5) is 0. The van der Waals surface area contributed by atoms with Gasteiger partial charge in [-0.25, -0.2) is 0 Å². The Bertz CT molecular complexity index is 469. The van der Waals surface area contributed by atoms with Crippen LogP contribution in [-0.4, -0.2) is 31.2 Å². The van der Waals surface area contributed by atoms with Crippen molar-refractivity contribution in [3.8, 4) is 5.75 Å². The van der Waals surface area contributed by atoms with Gasteiger partial charge in [-0.2, -0.15) is 0 Å². The summed E-state index contributed by atoms with van der Waals surface area (Å²) >= 11 is 0. The number of likely N-dealkylation sites (N-methyl/N-ethyl adjacent to an activating group) is 1. The summed E-state index contributed by atoms with van der Waals surface area (Å²) in [7, 11) is 4.10. The van der Waals surface area contributed by atoms with E-state index in [9.17, 15) is 0 Å². The van der Waals surface area contributed by atoms with Crippen LogP contribution in [0.2, 0.25) is 0 Å². The van der Waals surface area contributed by atoms with Gasteiger partial charge in [0.25, 0.3) is 0 Å². The number of quaternary nitrogens is 1. The van der Waals surface area contributed by atoms with E-state index in [0.717, 1.165) is 23.3 Å². The normalized spacial score (nSPS) is 25.0. The molecular weight excluding hydrogens is 282 g/mol. The van der Waals surface area contributed by atoms with Crippen LogP contribution in [0.5, 0.6) is 5.75 Å². The Morgan fingerprint density at radius 2 is 1.90 bits per heavy atom. The molecule has 0 N–H and O–H groups in total. The first kappa shape index (κ1) is 18.1. The maximum atomic E-state index is 5.23. The van der Waals surface area contributed by atoms with E-state index in [1.807, 2.05) is 0 Å². The molecule has 0 amide bonds. The minimum Gasteiger partial charge on any atom is -1.00 e. The number of halogens is 1. The van der Waals surface area contributed by atoms with Crippen LogP contribution in [-0.2, 0) is 6.54 Å². The lowest BCUT2D eigenvalue weighted by molar-refractivity contribution is -0.940. The molecule has 2 unspecified atom stereocenters. The molecule has 118 valence electrons. The highest BCUT2D eigenvalue weighted by molar-refractivity contribution is 5.26. The van der Waals surface area contributed by atoms with Crippen LogP contribution in [0, 0.1) is 0 Å². The SMILES string of the molecule is CCCC1=CC[N+](C)(Cc2ccc(OC)cc2)C(C)C1.[Cl-]. The quantitative estimate of drug-likeness (QED) is 0.586. The van der Waals surface area contributed by atoms with Crippen molar-refractivity contribution < 1.29 is 21.6 Å². The van der Waals surface area contributed by atoms with Crippen LogP contribution in [0.15, 0.2) is 35.9 Å². The molecule has 0 fully saturated rings. The predicted octanol–water partition coefficient (Wildman–Crippen LogP) is 1.16. The van der Waals surface area contributed by atoms with E-state index < -0.39 is 0 Å². The molecule has 1 aliphatic rings. The van der Waals surface area contributed by atoms with Gasteiger partial charge < -0.3 is 21.6 Å². The third-order valence-corrected chi connectivity index (χ3v) is 4.69. The second kappa shape index (κ2) is 7.86. The molecular formula is C18H28ClNO. The highest BCUT2D eigenvalue weighted by Gasteiger charge is 2.32. The molecule has 0 radical (unpaired) electrons. The highest BCUT2D eigenvalue weighted by Crippen LogP contribution is 2.28. The molecule has 2 atom stereocenters. The number of benzene rings is 1. The van der Waals surface area contributed by atoms with Crippen molar-refractivity contribution in [1.82, 2.24) is 0 Å². The standard InChI is InChI=1S/C18H28NO.ClH/c1-5-6-16-11-12-19(3,15(2)13-16)14-17-7-9-18(20-4)10-8-17;/h7-11,15H,5-6,12-14H2,1-4H3;1H/q+1;/p-1. The number of rotatable bonds is 5. The topological polar surface area (TPSA) is 9.23 Å². The van der Waals surface area contributed by atoms with Crippen LogP contribution in [0.25, 0.3) is 0 Å². The maximum Gasteiger partial charge on any atom is 0.118 e. The third kappa shape index (κ3) is 4.49. The number of hydrogen-bond donors (Lipinski definition) is 0. The minimum absolute atomic E-state index is 0. The van der Waals surface area contributed by atoms with E-state index in [0.29, 0.717) is 6.04 Å². The van der Waals surface area contributed by atoms with Crippen molar-refractivity contribution in [2.75, 3.05) is 20.7 Å². The molecule has 2 rings (SSSR count). The van der Waals surface area contributed by atoms with Gasteiger partial charge in [0.1, 0.15) is 12.3 Å². The van der Waals surface area contributed by atoms with E-state index in [4.69, 9.17) is 4.74 Å². The monoisotopic (exact) mass is 309 g/mol. The molecule has 0 saturated heterocycles. The van der Waals surface area contributed by atoms with Crippen molar-refractivity contribution >= 4 is 0 Å². The van der Waals surface area contributed by atoms with Crippen molar-refractivity contribution in [2.45, 2.75) is 45.7 Å². The van der Waals surface area contributed by atoms with Crippen molar-refractivity contribution in [3.05, 3.63) is 41.5 Å². The average Bonchev–Trinajstić information content (AvgIpc) is 2.44. The fourth-order valence-corrected chi connectivity index (χ4v) is 3.09. The maximum absolute atomic E-state index is 5.23. The molecule has 0 saturated carbocycles. The van der Waals surface area contributed by atoms with Crippen molar-refractivity contribution in [3.63, 3.8) is 0 Å². The zero-order valence-corrected chi connectivity index (χ0v) is 14.5.